The lowest BCUT2D eigenvalue weighted by Gasteiger charge is -2.23. The molecular weight excluding hydrogens is 228 g/mol. The molecule has 0 spiro atoms. The molecule has 0 radical (unpaired) electrons. The Balaban J connectivity index is 1.79. The van der Waals surface area contributed by atoms with Crippen LogP contribution in [0, 0.1) is 5.92 Å². The van der Waals surface area contributed by atoms with Crippen molar-refractivity contribution in [3.05, 3.63) is 30.1 Å². The van der Waals surface area contributed by atoms with E-state index >= 15 is 0 Å². The fourth-order valence-electron chi connectivity index (χ4n) is 2.24. The number of pyridine rings is 1. The summed E-state index contributed by atoms with van der Waals surface area (Å²) in [5, 5.41) is 3.25. The Hall–Kier alpha value is -1.42. The number of piperidine rings is 1. The van der Waals surface area contributed by atoms with Crippen LogP contribution in [0.2, 0.25) is 0 Å². The van der Waals surface area contributed by atoms with Gasteiger partial charge in [0.15, 0.2) is 0 Å². The van der Waals surface area contributed by atoms with Gasteiger partial charge in [-0.3, -0.25) is 9.78 Å². The highest BCUT2D eigenvalue weighted by Gasteiger charge is 2.23. The lowest BCUT2D eigenvalue weighted by atomic mass is 9.98. The summed E-state index contributed by atoms with van der Waals surface area (Å²) in [6.07, 6.45) is 5.98. The number of aromatic nitrogens is 1. The van der Waals surface area contributed by atoms with Gasteiger partial charge in [-0.1, -0.05) is 0 Å². The summed E-state index contributed by atoms with van der Waals surface area (Å²) in [5.74, 6) is 0.0317. The van der Waals surface area contributed by atoms with Crippen LogP contribution in [-0.4, -0.2) is 30.1 Å². The number of ether oxygens (including phenoxy) is 1. The Morgan fingerprint density at radius 3 is 2.78 bits per heavy atom. The van der Waals surface area contributed by atoms with Gasteiger partial charge in [0.1, 0.15) is 6.10 Å². The molecule has 18 heavy (non-hydrogen) atoms. The zero-order valence-corrected chi connectivity index (χ0v) is 10.8. The zero-order valence-electron chi connectivity index (χ0n) is 10.8. The highest BCUT2D eigenvalue weighted by molar-refractivity contribution is 5.72. The van der Waals surface area contributed by atoms with E-state index < -0.39 is 0 Å². The van der Waals surface area contributed by atoms with Gasteiger partial charge in [0.25, 0.3) is 0 Å². The molecule has 0 aromatic carbocycles. The van der Waals surface area contributed by atoms with Crippen molar-refractivity contribution in [1.29, 1.82) is 0 Å². The number of nitrogens with zero attached hydrogens (tertiary/aromatic N) is 1. The molecule has 0 aliphatic carbocycles. The number of rotatable bonds is 4. The molecular formula is C14H20N2O2. The summed E-state index contributed by atoms with van der Waals surface area (Å²) < 4.78 is 5.51. The van der Waals surface area contributed by atoms with E-state index in [1.165, 1.54) is 0 Å². The average Bonchev–Trinajstić information content (AvgIpc) is 2.40. The zero-order chi connectivity index (χ0) is 12.8. The van der Waals surface area contributed by atoms with Gasteiger partial charge in [0.2, 0.25) is 0 Å². The first-order chi connectivity index (χ1) is 8.75. The second kappa shape index (κ2) is 6.50. The Labute approximate surface area is 108 Å². The topological polar surface area (TPSA) is 51.2 Å². The number of nitrogens with one attached hydrogen (secondary N) is 1. The van der Waals surface area contributed by atoms with Crippen LogP contribution < -0.4 is 5.32 Å². The highest BCUT2D eigenvalue weighted by atomic mass is 16.5. The van der Waals surface area contributed by atoms with Crippen LogP contribution in [0.25, 0.3) is 0 Å². The Morgan fingerprint density at radius 2 is 2.11 bits per heavy atom. The summed E-state index contributed by atoms with van der Waals surface area (Å²) in [6.45, 7) is 3.77. The van der Waals surface area contributed by atoms with E-state index in [4.69, 9.17) is 4.74 Å². The van der Waals surface area contributed by atoms with E-state index in [0.717, 1.165) is 37.9 Å². The quantitative estimate of drug-likeness (QED) is 0.821. The van der Waals surface area contributed by atoms with Crippen molar-refractivity contribution < 1.29 is 9.53 Å². The van der Waals surface area contributed by atoms with Crippen LogP contribution in [0.1, 0.15) is 25.3 Å². The summed E-state index contributed by atoms with van der Waals surface area (Å²) in [4.78, 5) is 15.9. The van der Waals surface area contributed by atoms with Crippen molar-refractivity contribution in [3.63, 3.8) is 0 Å². The van der Waals surface area contributed by atoms with Crippen LogP contribution in [-0.2, 0) is 16.0 Å². The maximum atomic E-state index is 11.9. The summed E-state index contributed by atoms with van der Waals surface area (Å²) >= 11 is 0. The fourth-order valence-corrected chi connectivity index (χ4v) is 2.24. The van der Waals surface area contributed by atoms with Crippen molar-refractivity contribution in [2.75, 3.05) is 13.1 Å². The third kappa shape index (κ3) is 3.81. The van der Waals surface area contributed by atoms with Crippen molar-refractivity contribution in [2.45, 2.75) is 32.3 Å². The minimum atomic E-state index is -0.0743. The molecule has 1 aliphatic heterocycles. The number of esters is 1. The molecule has 1 aromatic rings. The monoisotopic (exact) mass is 248 g/mol. The number of carbonyl (C=O) groups excluding carboxylic acids is 1. The van der Waals surface area contributed by atoms with E-state index in [9.17, 15) is 4.79 Å². The number of carbonyl (C=O) groups is 1. The SMILES string of the molecule is CC(Cc1ccncc1)OC(=O)C1CCNCC1. The van der Waals surface area contributed by atoms with Crippen LogP contribution in [0.4, 0.5) is 0 Å². The Morgan fingerprint density at radius 1 is 1.44 bits per heavy atom. The van der Waals surface area contributed by atoms with Crippen LogP contribution in [0.15, 0.2) is 24.5 Å². The third-order valence-corrected chi connectivity index (χ3v) is 3.26. The molecule has 1 saturated heterocycles. The standard InChI is InChI=1S/C14H20N2O2/c1-11(10-12-2-6-15-7-3-12)18-14(17)13-4-8-16-9-5-13/h2-3,6-7,11,13,16H,4-5,8-10H2,1H3. The molecule has 2 rings (SSSR count). The van der Waals surface area contributed by atoms with Gasteiger partial charge in [0.05, 0.1) is 5.92 Å². The highest BCUT2D eigenvalue weighted by Crippen LogP contribution is 2.15. The molecule has 1 fully saturated rings. The van der Waals surface area contributed by atoms with Gasteiger partial charge in [-0.2, -0.15) is 0 Å². The molecule has 2 heterocycles. The molecule has 1 atom stereocenters. The van der Waals surface area contributed by atoms with Crippen LogP contribution >= 0.6 is 0 Å². The van der Waals surface area contributed by atoms with E-state index in [0.29, 0.717) is 0 Å². The Bertz CT molecular complexity index is 375. The molecule has 0 saturated carbocycles. The predicted molar refractivity (Wildman–Crippen MR) is 69.1 cm³/mol. The van der Waals surface area contributed by atoms with Gasteiger partial charge in [-0.25, -0.2) is 0 Å². The van der Waals surface area contributed by atoms with E-state index in [2.05, 4.69) is 10.3 Å². The maximum Gasteiger partial charge on any atom is 0.309 e. The van der Waals surface area contributed by atoms with Crippen LogP contribution in [0.5, 0.6) is 0 Å². The Kier molecular flexibility index (Phi) is 4.70. The molecule has 0 amide bonds. The number of hydrogen-bond donors (Lipinski definition) is 1. The molecule has 1 N–H and O–H groups in total. The second-order valence-corrected chi connectivity index (χ2v) is 4.83. The molecule has 98 valence electrons. The predicted octanol–water partition coefficient (Wildman–Crippen LogP) is 1.56. The maximum absolute atomic E-state index is 11.9. The minimum Gasteiger partial charge on any atom is -0.462 e. The smallest absolute Gasteiger partial charge is 0.309 e. The minimum absolute atomic E-state index is 0.0435. The van der Waals surface area contributed by atoms with Gasteiger partial charge in [-0.15, -0.1) is 0 Å². The van der Waals surface area contributed by atoms with Gasteiger partial charge < -0.3 is 10.1 Å². The lowest BCUT2D eigenvalue weighted by molar-refractivity contribution is -0.154. The van der Waals surface area contributed by atoms with E-state index in [1.54, 1.807) is 12.4 Å². The van der Waals surface area contributed by atoms with Gasteiger partial charge in [0, 0.05) is 18.8 Å². The first-order valence-corrected chi connectivity index (χ1v) is 6.56. The number of hydrogen-bond acceptors (Lipinski definition) is 4. The average molecular weight is 248 g/mol. The van der Waals surface area contributed by atoms with E-state index in [1.807, 2.05) is 19.1 Å². The van der Waals surface area contributed by atoms with Crippen molar-refractivity contribution in [2.24, 2.45) is 5.92 Å². The first-order valence-electron chi connectivity index (χ1n) is 6.56. The lowest BCUT2D eigenvalue weighted by Crippen LogP contribution is -2.34. The van der Waals surface area contributed by atoms with Crippen molar-refractivity contribution >= 4 is 5.97 Å². The molecule has 1 aromatic heterocycles. The largest absolute Gasteiger partial charge is 0.462 e. The molecule has 1 unspecified atom stereocenters. The van der Waals surface area contributed by atoms with Gasteiger partial charge in [-0.05, 0) is 50.6 Å². The fraction of sp³-hybridized carbons (Fsp3) is 0.571. The van der Waals surface area contributed by atoms with Crippen molar-refractivity contribution in [1.82, 2.24) is 10.3 Å². The molecule has 0 bridgehead atoms. The third-order valence-electron chi connectivity index (χ3n) is 3.26. The van der Waals surface area contributed by atoms with E-state index in [-0.39, 0.29) is 18.0 Å². The summed E-state index contributed by atoms with van der Waals surface area (Å²) in [5.41, 5.74) is 1.15. The summed E-state index contributed by atoms with van der Waals surface area (Å²) in [6, 6.07) is 3.91. The normalized spacial score (nSPS) is 18.3. The second-order valence-electron chi connectivity index (χ2n) is 4.83. The van der Waals surface area contributed by atoms with Crippen molar-refractivity contribution in [3.8, 4) is 0 Å². The molecule has 4 nitrogen and oxygen atoms in total. The molecule has 4 heteroatoms. The van der Waals surface area contributed by atoms with Gasteiger partial charge >= 0.3 is 5.97 Å². The summed E-state index contributed by atoms with van der Waals surface area (Å²) in [7, 11) is 0. The van der Waals surface area contributed by atoms with Crippen LogP contribution in [0.3, 0.4) is 0 Å². The first kappa shape index (κ1) is 13.0. The molecule has 1 aliphatic rings.